The van der Waals surface area contributed by atoms with Gasteiger partial charge in [-0.25, -0.2) is 0 Å². The molecule has 2 atom stereocenters. The van der Waals surface area contributed by atoms with E-state index in [1.807, 2.05) is 13.8 Å². The van der Waals surface area contributed by atoms with Crippen LogP contribution in [-0.2, 0) is 9.53 Å². The maximum Gasteiger partial charge on any atom is 0.237 e. The minimum atomic E-state index is -0.0757. The van der Waals surface area contributed by atoms with Gasteiger partial charge in [-0.2, -0.15) is 0 Å². The van der Waals surface area contributed by atoms with E-state index in [1.54, 1.807) is 0 Å². The third-order valence-electron chi connectivity index (χ3n) is 2.73. The van der Waals surface area contributed by atoms with Crippen molar-refractivity contribution in [1.82, 2.24) is 10.2 Å². The molecule has 1 aliphatic rings. The summed E-state index contributed by atoms with van der Waals surface area (Å²) in [7, 11) is 0. The Hall–Kier alpha value is -0.650. The molecule has 0 aliphatic carbocycles. The summed E-state index contributed by atoms with van der Waals surface area (Å²) in [5, 5.41) is 2.83. The van der Waals surface area contributed by atoms with E-state index >= 15 is 0 Å². The van der Waals surface area contributed by atoms with Crippen LogP contribution in [0.4, 0.5) is 0 Å². The van der Waals surface area contributed by atoms with E-state index in [-0.39, 0.29) is 18.1 Å². The van der Waals surface area contributed by atoms with Crippen molar-refractivity contribution in [3.05, 3.63) is 0 Å². The molecule has 0 aromatic carbocycles. The Morgan fingerprint density at radius 2 is 2.47 bits per heavy atom. The Morgan fingerprint density at radius 1 is 1.73 bits per heavy atom. The molecular formula is C10H21N3O2. The van der Waals surface area contributed by atoms with E-state index < -0.39 is 0 Å². The fourth-order valence-electron chi connectivity index (χ4n) is 1.77. The minimum Gasteiger partial charge on any atom is -0.376 e. The Balaban J connectivity index is 2.44. The number of hydrogen-bond donors (Lipinski definition) is 2. The number of nitrogens with zero attached hydrogens (tertiary/aromatic N) is 1. The number of carbonyl (C=O) groups excluding carboxylic acids is 1. The molecule has 1 fully saturated rings. The van der Waals surface area contributed by atoms with Crippen LogP contribution in [0.1, 0.15) is 13.8 Å². The van der Waals surface area contributed by atoms with Gasteiger partial charge in [-0.15, -0.1) is 0 Å². The summed E-state index contributed by atoms with van der Waals surface area (Å²) in [5.74, 6) is 0.0912. The predicted octanol–water partition coefficient (Wildman–Crippen LogP) is -0.829. The second-order valence-electron chi connectivity index (χ2n) is 3.77. The molecular weight excluding hydrogens is 194 g/mol. The Morgan fingerprint density at radius 3 is 3.07 bits per heavy atom. The smallest absolute Gasteiger partial charge is 0.237 e. The van der Waals surface area contributed by atoms with Gasteiger partial charge < -0.3 is 15.8 Å². The van der Waals surface area contributed by atoms with E-state index in [2.05, 4.69) is 10.2 Å². The molecule has 3 N–H and O–H groups in total. The number of amides is 1. The van der Waals surface area contributed by atoms with Crippen molar-refractivity contribution in [1.29, 1.82) is 0 Å². The summed E-state index contributed by atoms with van der Waals surface area (Å²) in [6, 6.07) is -0.0757. The van der Waals surface area contributed by atoms with Crippen molar-refractivity contribution in [3.63, 3.8) is 0 Å². The Bertz CT molecular complexity index is 211. The van der Waals surface area contributed by atoms with Crippen LogP contribution in [0.15, 0.2) is 0 Å². The van der Waals surface area contributed by atoms with Crippen LogP contribution in [0.3, 0.4) is 0 Å². The molecule has 1 saturated heterocycles. The van der Waals surface area contributed by atoms with Gasteiger partial charge in [0.15, 0.2) is 0 Å². The highest BCUT2D eigenvalue weighted by molar-refractivity contribution is 5.81. The molecule has 15 heavy (non-hydrogen) atoms. The molecule has 0 spiro atoms. The van der Waals surface area contributed by atoms with Gasteiger partial charge >= 0.3 is 0 Å². The molecule has 0 aromatic rings. The normalized spacial score (nSPS) is 25.0. The SMILES string of the molecule is CCOC(CN)CN1CCNC(=O)C1C. The molecule has 0 saturated carbocycles. The first kappa shape index (κ1) is 12.4. The van der Waals surface area contributed by atoms with Crippen LogP contribution >= 0.6 is 0 Å². The largest absolute Gasteiger partial charge is 0.376 e. The second kappa shape index (κ2) is 6.05. The first-order valence-electron chi connectivity index (χ1n) is 5.52. The monoisotopic (exact) mass is 215 g/mol. The van der Waals surface area contributed by atoms with Crippen LogP contribution in [0.25, 0.3) is 0 Å². The fourth-order valence-corrected chi connectivity index (χ4v) is 1.77. The van der Waals surface area contributed by atoms with Gasteiger partial charge in [0.25, 0.3) is 0 Å². The highest BCUT2D eigenvalue weighted by Crippen LogP contribution is 2.05. The van der Waals surface area contributed by atoms with Gasteiger partial charge in [-0.3, -0.25) is 9.69 Å². The average Bonchev–Trinajstić information content (AvgIpc) is 2.24. The maximum absolute atomic E-state index is 11.4. The zero-order valence-corrected chi connectivity index (χ0v) is 9.53. The fraction of sp³-hybridized carbons (Fsp3) is 0.900. The van der Waals surface area contributed by atoms with Crippen LogP contribution in [0.5, 0.6) is 0 Å². The minimum absolute atomic E-state index is 0.0309. The lowest BCUT2D eigenvalue weighted by Gasteiger charge is -2.34. The lowest BCUT2D eigenvalue weighted by Crippen LogP contribution is -2.56. The zero-order chi connectivity index (χ0) is 11.3. The van der Waals surface area contributed by atoms with Gasteiger partial charge in [-0.1, -0.05) is 0 Å². The van der Waals surface area contributed by atoms with Gasteiger partial charge in [0, 0.05) is 32.8 Å². The summed E-state index contributed by atoms with van der Waals surface area (Å²) in [6.07, 6.45) is 0.0309. The number of rotatable bonds is 5. The standard InChI is InChI=1S/C10H21N3O2/c1-3-15-9(6-11)7-13-5-4-12-10(14)8(13)2/h8-9H,3-7,11H2,1-2H3,(H,12,14). The predicted molar refractivity (Wildman–Crippen MR) is 58.5 cm³/mol. The molecule has 1 rings (SSSR count). The molecule has 1 amide bonds. The average molecular weight is 215 g/mol. The van der Waals surface area contributed by atoms with E-state index in [4.69, 9.17) is 10.5 Å². The molecule has 0 aromatic heterocycles. The highest BCUT2D eigenvalue weighted by Gasteiger charge is 2.26. The first-order chi connectivity index (χ1) is 7.19. The molecule has 0 bridgehead atoms. The van der Waals surface area contributed by atoms with Gasteiger partial charge in [-0.05, 0) is 13.8 Å². The topological polar surface area (TPSA) is 67.6 Å². The van der Waals surface area contributed by atoms with Crippen LogP contribution in [-0.4, -0.2) is 55.7 Å². The van der Waals surface area contributed by atoms with Crippen molar-refractivity contribution in [2.24, 2.45) is 5.73 Å². The number of nitrogens with two attached hydrogens (primary N) is 1. The number of hydrogen-bond acceptors (Lipinski definition) is 4. The van der Waals surface area contributed by atoms with E-state index in [9.17, 15) is 4.79 Å². The molecule has 1 heterocycles. The number of piperazine rings is 1. The molecule has 1 aliphatic heterocycles. The van der Waals surface area contributed by atoms with E-state index in [0.29, 0.717) is 19.7 Å². The molecule has 5 nitrogen and oxygen atoms in total. The van der Waals surface area contributed by atoms with Gasteiger partial charge in [0.05, 0.1) is 12.1 Å². The van der Waals surface area contributed by atoms with Crippen molar-refractivity contribution in [3.8, 4) is 0 Å². The second-order valence-corrected chi connectivity index (χ2v) is 3.77. The number of nitrogens with one attached hydrogen (secondary N) is 1. The summed E-state index contributed by atoms with van der Waals surface area (Å²) < 4.78 is 5.48. The van der Waals surface area contributed by atoms with Gasteiger partial charge in [0.1, 0.15) is 0 Å². The third-order valence-corrected chi connectivity index (χ3v) is 2.73. The van der Waals surface area contributed by atoms with Crippen LogP contribution in [0.2, 0.25) is 0 Å². The van der Waals surface area contributed by atoms with Crippen LogP contribution < -0.4 is 11.1 Å². The summed E-state index contributed by atoms with van der Waals surface area (Å²) >= 11 is 0. The summed E-state index contributed by atoms with van der Waals surface area (Å²) in [6.45, 7) is 7.35. The van der Waals surface area contributed by atoms with E-state index in [1.165, 1.54) is 0 Å². The van der Waals surface area contributed by atoms with E-state index in [0.717, 1.165) is 13.1 Å². The number of carbonyl (C=O) groups is 1. The lowest BCUT2D eigenvalue weighted by atomic mass is 10.2. The Kier molecular flexibility index (Phi) is 5.01. The first-order valence-corrected chi connectivity index (χ1v) is 5.52. The zero-order valence-electron chi connectivity index (χ0n) is 9.53. The molecule has 88 valence electrons. The van der Waals surface area contributed by atoms with Crippen molar-refractivity contribution in [2.45, 2.75) is 26.0 Å². The van der Waals surface area contributed by atoms with Crippen LogP contribution in [0, 0.1) is 0 Å². The summed E-state index contributed by atoms with van der Waals surface area (Å²) in [4.78, 5) is 13.5. The van der Waals surface area contributed by atoms with Crippen molar-refractivity contribution < 1.29 is 9.53 Å². The molecule has 5 heteroatoms. The Labute approximate surface area is 90.9 Å². The van der Waals surface area contributed by atoms with Crippen molar-refractivity contribution in [2.75, 3.05) is 32.8 Å². The summed E-state index contributed by atoms with van der Waals surface area (Å²) in [5.41, 5.74) is 5.60. The van der Waals surface area contributed by atoms with Gasteiger partial charge in [0.2, 0.25) is 5.91 Å². The highest BCUT2D eigenvalue weighted by atomic mass is 16.5. The number of ether oxygens (including phenoxy) is 1. The molecule has 2 unspecified atom stereocenters. The quantitative estimate of drug-likeness (QED) is 0.628. The molecule has 0 radical (unpaired) electrons. The van der Waals surface area contributed by atoms with Crippen molar-refractivity contribution >= 4 is 5.91 Å². The third kappa shape index (κ3) is 3.44. The lowest BCUT2D eigenvalue weighted by molar-refractivity contribution is -0.129. The maximum atomic E-state index is 11.4.